The second kappa shape index (κ2) is 7.30. The number of hydrogen-bond donors (Lipinski definition) is 1. The second-order valence-electron chi connectivity index (χ2n) is 7.55. The Hall–Kier alpha value is -1.66. The Labute approximate surface area is 148 Å². The third-order valence-corrected chi connectivity index (χ3v) is 5.32. The number of likely N-dealkylation sites (tertiary alicyclic amines) is 2. The Morgan fingerprint density at radius 3 is 2.64 bits per heavy atom. The summed E-state index contributed by atoms with van der Waals surface area (Å²) in [6, 6.07) is 5.92. The largest absolute Gasteiger partial charge is 0.487 e. The summed E-state index contributed by atoms with van der Waals surface area (Å²) in [6.07, 6.45) is 1.81. The number of nitrogens with zero attached hydrogens (tertiary/aromatic N) is 2. The van der Waals surface area contributed by atoms with Gasteiger partial charge in [-0.3, -0.25) is 4.79 Å². The fourth-order valence-electron chi connectivity index (χ4n) is 3.74. The van der Waals surface area contributed by atoms with E-state index in [2.05, 4.69) is 11.9 Å². The summed E-state index contributed by atoms with van der Waals surface area (Å²) in [7, 11) is 2.07. The number of carbonyl (C=O) groups excluding carboxylic acids is 1. The third-order valence-electron chi connectivity index (χ3n) is 5.32. The summed E-state index contributed by atoms with van der Waals surface area (Å²) in [5.74, 6) is 0.220. The van der Waals surface area contributed by atoms with E-state index in [1.165, 1.54) is 12.1 Å². The molecule has 2 heterocycles. The zero-order chi connectivity index (χ0) is 18.0. The molecule has 0 aliphatic carbocycles. The van der Waals surface area contributed by atoms with Gasteiger partial charge in [-0.1, -0.05) is 6.07 Å². The third kappa shape index (κ3) is 4.30. The van der Waals surface area contributed by atoms with Crippen molar-refractivity contribution < 1.29 is 19.0 Å². The van der Waals surface area contributed by atoms with Crippen molar-refractivity contribution in [3.8, 4) is 5.75 Å². The number of hydrogen-bond acceptors (Lipinski definition) is 4. The molecular formula is C19H27FN2O3. The van der Waals surface area contributed by atoms with E-state index >= 15 is 0 Å². The van der Waals surface area contributed by atoms with E-state index in [4.69, 9.17) is 4.74 Å². The van der Waals surface area contributed by atoms with Crippen LogP contribution in [0.4, 0.5) is 4.39 Å². The maximum Gasteiger partial charge on any atom is 0.225 e. The van der Waals surface area contributed by atoms with Crippen molar-refractivity contribution in [1.29, 1.82) is 0 Å². The molecule has 2 aliphatic rings. The lowest BCUT2D eigenvalue weighted by atomic mass is 9.89. The predicted octanol–water partition coefficient (Wildman–Crippen LogP) is 1.90. The van der Waals surface area contributed by atoms with Crippen LogP contribution in [0.2, 0.25) is 0 Å². The van der Waals surface area contributed by atoms with Crippen LogP contribution in [0.3, 0.4) is 0 Å². The van der Waals surface area contributed by atoms with Crippen LogP contribution < -0.4 is 4.74 Å². The van der Waals surface area contributed by atoms with Crippen LogP contribution in [0, 0.1) is 11.7 Å². The highest BCUT2D eigenvalue weighted by molar-refractivity contribution is 5.79. The molecule has 2 saturated heterocycles. The molecule has 25 heavy (non-hydrogen) atoms. The number of β-amino-alcohol motifs (C(OH)–C–C–N with tert-alkyl or cyclic N) is 1. The van der Waals surface area contributed by atoms with Crippen LogP contribution in [-0.4, -0.2) is 65.7 Å². The summed E-state index contributed by atoms with van der Waals surface area (Å²) in [4.78, 5) is 16.8. The molecule has 1 N–H and O–H groups in total. The number of piperidine rings is 2. The molecular weight excluding hydrogens is 323 g/mol. The first-order chi connectivity index (χ1) is 11.8. The number of aliphatic hydroxyl groups is 1. The van der Waals surface area contributed by atoms with Crippen molar-refractivity contribution in [2.45, 2.75) is 37.9 Å². The highest BCUT2D eigenvalue weighted by Crippen LogP contribution is 2.29. The van der Waals surface area contributed by atoms with Gasteiger partial charge < -0.3 is 19.6 Å². The van der Waals surface area contributed by atoms with Crippen molar-refractivity contribution in [1.82, 2.24) is 9.80 Å². The van der Waals surface area contributed by atoms with Gasteiger partial charge >= 0.3 is 0 Å². The monoisotopic (exact) mass is 350 g/mol. The van der Waals surface area contributed by atoms with Gasteiger partial charge in [0.2, 0.25) is 5.91 Å². The molecule has 0 bridgehead atoms. The molecule has 0 aromatic heterocycles. The first-order valence-corrected chi connectivity index (χ1v) is 8.97. The van der Waals surface area contributed by atoms with Gasteiger partial charge in [0.15, 0.2) is 0 Å². The summed E-state index contributed by atoms with van der Waals surface area (Å²) < 4.78 is 19.1. The molecule has 2 fully saturated rings. The van der Waals surface area contributed by atoms with E-state index < -0.39 is 11.7 Å². The van der Waals surface area contributed by atoms with Crippen molar-refractivity contribution in [3.63, 3.8) is 0 Å². The molecule has 5 nitrogen and oxygen atoms in total. The number of ether oxygens (including phenoxy) is 1. The van der Waals surface area contributed by atoms with Crippen LogP contribution in [0.5, 0.6) is 5.75 Å². The quantitative estimate of drug-likeness (QED) is 0.905. The van der Waals surface area contributed by atoms with E-state index in [0.717, 1.165) is 25.9 Å². The molecule has 0 radical (unpaired) electrons. The molecule has 0 unspecified atom stereocenters. The SMILES string of the molecule is CN1CCC(C(=O)N2CC[C@H](Oc3cccc(F)c3)[C@@](C)(O)C2)CC1. The van der Waals surface area contributed by atoms with Gasteiger partial charge in [-0.25, -0.2) is 4.39 Å². The summed E-state index contributed by atoms with van der Waals surface area (Å²) in [5.41, 5.74) is -1.16. The van der Waals surface area contributed by atoms with Crippen LogP contribution in [0.15, 0.2) is 24.3 Å². The zero-order valence-corrected chi connectivity index (χ0v) is 14.9. The molecule has 3 rings (SSSR count). The molecule has 0 spiro atoms. The van der Waals surface area contributed by atoms with Crippen LogP contribution >= 0.6 is 0 Å². The molecule has 2 atom stereocenters. The van der Waals surface area contributed by atoms with Gasteiger partial charge in [0.25, 0.3) is 0 Å². The smallest absolute Gasteiger partial charge is 0.225 e. The summed E-state index contributed by atoms with van der Waals surface area (Å²) in [5, 5.41) is 10.8. The topological polar surface area (TPSA) is 53.0 Å². The van der Waals surface area contributed by atoms with Crippen molar-refractivity contribution in [2.24, 2.45) is 5.92 Å². The van der Waals surface area contributed by atoms with E-state index in [0.29, 0.717) is 18.7 Å². The van der Waals surface area contributed by atoms with Gasteiger partial charge in [0.1, 0.15) is 23.3 Å². The van der Waals surface area contributed by atoms with Gasteiger partial charge in [-0.15, -0.1) is 0 Å². The Balaban J connectivity index is 1.61. The summed E-state index contributed by atoms with van der Waals surface area (Å²) in [6.45, 7) is 4.36. The number of amides is 1. The Morgan fingerprint density at radius 1 is 1.28 bits per heavy atom. The molecule has 138 valence electrons. The minimum Gasteiger partial charge on any atom is -0.487 e. The lowest BCUT2D eigenvalue weighted by Gasteiger charge is -2.44. The molecule has 6 heteroatoms. The zero-order valence-electron chi connectivity index (χ0n) is 14.9. The molecule has 1 amide bonds. The first kappa shape index (κ1) is 18.1. The average molecular weight is 350 g/mol. The van der Waals surface area contributed by atoms with Crippen LogP contribution in [-0.2, 0) is 4.79 Å². The summed E-state index contributed by atoms with van der Waals surface area (Å²) >= 11 is 0. The van der Waals surface area contributed by atoms with E-state index in [1.807, 2.05) is 0 Å². The van der Waals surface area contributed by atoms with E-state index in [1.54, 1.807) is 24.0 Å². The van der Waals surface area contributed by atoms with Gasteiger partial charge in [0.05, 0.1) is 6.54 Å². The molecule has 0 saturated carbocycles. The normalized spacial score (nSPS) is 28.8. The fourth-order valence-corrected chi connectivity index (χ4v) is 3.74. The number of rotatable bonds is 3. The number of carbonyl (C=O) groups is 1. The van der Waals surface area contributed by atoms with Gasteiger partial charge in [0, 0.05) is 24.9 Å². The molecule has 2 aliphatic heterocycles. The van der Waals surface area contributed by atoms with Crippen molar-refractivity contribution in [2.75, 3.05) is 33.2 Å². The second-order valence-corrected chi connectivity index (χ2v) is 7.55. The maximum absolute atomic E-state index is 13.3. The predicted molar refractivity (Wildman–Crippen MR) is 92.9 cm³/mol. The molecule has 1 aromatic carbocycles. The maximum atomic E-state index is 13.3. The lowest BCUT2D eigenvalue weighted by Crippen LogP contribution is -2.59. The van der Waals surface area contributed by atoms with E-state index in [-0.39, 0.29) is 24.2 Å². The minimum atomic E-state index is -1.16. The highest BCUT2D eigenvalue weighted by atomic mass is 19.1. The van der Waals surface area contributed by atoms with Crippen LogP contribution in [0.1, 0.15) is 26.2 Å². The van der Waals surface area contributed by atoms with Crippen molar-refractivity contribution in [3.05, 3.63) is 30.1 Å². The molecule has 1 aromatic rings. The van der Waals surface area contributed by atoms with Gasteiger partial charge in [-0.05, 0) is 52.0 Å². The number of benzene rings is 1. The Morgan fingerprint density at radius 2 is 2.00 bits per heavy atom. The first-order valence-electron chi connectivity index (χ1n) is 8.97. The minimum absolute atomic E-state index is 0.0488. The van der Waals surface area contributed by atoms with E-state index in [9.17, 15) is 14.3 Å². The lowest BCUT2D eigenvalue weighted by molar-refractivity contribution is -0.151. The fraction of sp³-hybridized carbons (Fsp3) is 0.632. The Kier molecular flexibility index (Phi) is 5.29. The highest BCUT2D eigenvalue weighted by Gasteiger charge is 2.42. The number of halogens is 1. The van der Waals surface area contributed by atoms with Crippen molar-refractivity contribution >= 4 is 5.91 Å². The van der Waals surface area contributed by atoms with Gasteiger partial charge in [-0.2, -0.15) is 0 Å². The standard InChI is InChI=1S/C19H27FN2O3/c1-19(24)13-22(18(23)14-6-9-21(2)10-7-14)11-8-17(19)25-16-5-3-4-15(20)12-16/h3-5,12,14,17,24H,6-11,13H2,1-2H3/t17-,19-/m0/s1. The average Bonchev–Trinajstić information content (AvgIpc) is 2.56. The van der Waals surface area contributed by atoms with Crippen LogP contribution in [0.25, 0.3) is 0 Å². The Bertz CT molecular complexity index is 614.